The largest absolute Gasteiger partial charge is 0.245 e. The molecule has 0 radical (unpaired) electrons. The van der Waals surface area contributed by atoms with Gasteiger partial charge in [0.1, 0.15) is 0 Å². The van der Waals surface area contributed by atoms with Crippen LogP contribution >= 0.6 is 24.8 Å². The molecule has 0 aliphatic carbocycles. The standard InChI is InChI=1S/C3H5.Ce.2ClH/c1-3-2;;;/h3H,1-2H2;;2*1H/q-1;;;. The predicted octanol–water partition coefficient (Wildman–Crippen LogP) is 1.85. The summed E-state index contributed by atoms with van der Waals surface area (Å²) in [6.45, 7) is 6.50. The molecule has 0 heterocycles. The van der Waals surface area contributed by atoms with E-state index in [0.717, 1.165) is 0 Å². The molecule has 38 valence electrons. The summed E-state index contributed by atoms with van der Waals surface area (Å²) in [7, 11) is 0. The Labute approximate surface area is 85.0 Å². The Kier molecular flexibility index (Phi) is 132. The predicted molar refractivity (Wildman–Crippen MR) is 30.0 cm³/mol. The minimum Gasteiger partial charge on any atom is -0.245 e. The topological polar surface area (TPSA) is 0 Å². The molecule has 0 N–H and O–H groups in total. The van der Waals surface area contributed by atoms with E-state index in [1.165, 1.54) is 6.08 Å². The Balaban J connectivity index is -0.00000000667. The van der Waals surface area contributed by atoms with E-state index >= 15 is 0 Å². The monoisotopic (exact) mass is 253 g/mol. The summed E-state index contributed by atoms with van der Waals surface area (Å²) >= 11 is 0. The second-order valence-corrected chi connectivity index (χ2v) is 0.289. The van der Waals surface area contributed by atoms with Crippen molar-refractivity contribution in [2.24, 2.45) is 0 Å². The fraction of sp³-hybridized carbons (Fsp3) is 0. The number of hydrogen-bond acceptors (Lipinski definition) is 0. The molecule has 0 aromatic heterocycles. The van der Waals surface area contributed by atoms with Crippen molar-refractivity contribution in [1.29, 1.82) is 0 Å². The van der Waals surface area contributed by atoms with Crippen molar-refractivity contribution < 1.29 is 41.7 Å². The second-order valence-electron chi connectivity index (χ2n) is 0.289. The first-order chi connectivity index (χ1) is 1.41. The number of allylic oxidation sites excluding steroid dienone is 1. The molecule has 0 amide bonds. The van der Waals surface area contributed by atoms with E-state index in [1.54, 1.807) is 0 Å². The van der Waals surface area contributed by atoms with Crippen LogP contribution < -0.4 is 0 Å². The third kappa shape index (κ3) is 47.3. The van der Waals surface area contributed by atoms with Crippen LogP contribution in [0.15, 0.2) is 12.7 Å². The maximum Gasteiger partial charge on any atom is 0 e. The van der Waals surface area contributed by atoms with Gasteiger partial charge in [-0.15, -0.1) is 24.8 Å². The van der Waals surface area contributed by atoms with E-state index in [9.17, 15) is 0 Å². The fourth-order valence-electron chi connectivity index (χ4n) is 0. The molecular weight excluding hydrogens is 247 g/mol. The average Bonchev–Trinajstić information content (AvgIpc) is 0.918. The summed E-state index contributed by atoms with van der Waals surface area (Å²) in [6.07, 6.45) is 1.50. The maximum atomic E-state index is 3.25. The summed E-state index contributed by atoms with van der Waals surface area (Å²) < 4.78 is 0. The van der Waals surface area contributed by atoms with Crippen LogP contribution in [0.25, 0.3) is 0 Å². The summed E-state index contributed by atoms with van der Waals surface area (Å²) in [5, 5.41) is 0. The van der Waals surface area contributed by atoms with Crippen LogP contribution in [0.2, 0.25) is 0 Å². The molecule has 0 bridgehead atoms. The summed E-state index contributed by atoms with van der Waals surface area (Å²) in [6, 6.07) is 0. The van der Waals surface area contributed by atoms with Gasteiger partial charge in [-0.25, -0.2) is 19.6 Å². The van der Waals surface area contributed by atoms with Crippen molar-refractivity contribution in [2.75, 3.05) is 0 Å². The van der Waals surface area contributed by atoms with Gasteiger partial charge in [0.2, 0.25) is 0 Å². The SMILES string of the molecule is C=C[CH2-].Cl.Cl.[Ce]. The smallest absolute Gasteiger partial charge is 0 e. The zero-order chi connectivity index (χ0) is 2.71. The van der Waals surface area contributed by atoms with Gasteiger partial charge < -0.3 is 0 Å². The van der Waals surface area contributed by atoms with Crippen molar-refractivity contribution in [2.45, 2.75) is 0 Å². The average molecular weight is 254 g/mol. The fourth-order valence-corrected chi connectivity index (χ4v) is 0. The van der Waals surface area contributed by atoms with Crippen molar-refractivity contribution >= 4 is 24.8 Å². The molecule has 0 unspecified atom stereocenters. The van der Waals surface area contributed by atoms with Crippen LogP contribution in [0.3, 0.4) is 0 Å². The Bertz CT molecular complexity index is 16.3. The molecule has 0 atom stereocenters. The molecule has 0 rings (SSSR count). The molecule has 0 spiro atoms. The molecule has 3 heteroatoms. The van der Waals surface area contributed by atoms with Crippen LogP contribution in [0.4, 0.5) is 0 Å². The van der Waals surface area contributed by atoms with Gasteiger partial charge in [0, 0.05) is 41.7 Å². The molecule has 6 heavy (non-hydrogen) atoms. The number of hydrogen-bond donors (Lipinski definition) is 0. The minimum absolute atomic E-state index is 0. The van der Waals surface area contributed by atoms with Crippen LogP contribution in [0, 0.1) is 48.7 Å². The maximum absolute atomic E-state index is 3.25. The van der Waals surface area contributed by atoms with Crippen LogP contribution in [0.1, 0.15) is 0 Å². The normalized spacial score (nSPS) is 2.00. The Morgan fingerprint density at radius 1 is 1.33 bits per heavy atom. The van der Waals surface area contributed by atoms with Crippen LogP contribution in [-0.4, -0.2) is 0 Å². The molecule has 0 nitrogen and oxygen atoms in total. The van der Waals surface area contributed by atoms with Crippen molar-refractivity contribution in [3.8, 4) is 0 Å². The van der Waals surface area contributed by atoms with E-state index < -0.39 is 0 Å². The zero-order valence-electron chi connectivity index (χ0n) is 3.31. The third-order valence-corrected chi connectivity index (χ3v) is 0. The van der Waals surface area contributed by atoms with Crippen LogP contribution in [-0.2, 0) is 0 Å². The Morgan fingerprint density at radius 2 is 1.33 bits per heavy atom. The molecule has 0 aromatic carbocycles. The molecule has 0 saturated carbocycles. The molecule has 0 aromatic rings. The summed E-state index contributed by atoms with van der Waals surface area (Å²) in [4.78, 5) is 0. The molecule has 0 saturated heterocycles. The quantitative estimate of drug-likeness (QED) is 0.579. The van der Waals surface area contributed by atoms with Gasteiger partial charge in [0.25, 0.3) is 0 Å². The molecule has 0 aliphatic heterocycles. The minimum atomic E-state index is 0. The summed E-state index contributed by atoms with van der Waals surface area (Å²) in [5.41, 5.74) is 0. The van der Waals surface area contributed by atoms with Crippen molar-refractivity contribution in [3.63, 3.8) is 0 Å². The Morgan fingerprint density at radius 3 is 1.33 bits per heavy atom. The number of halogens is 2. The Hall–Kier alpha value is 1.57. The van der Waals surface area contributed by atoms with E-state index in [1.807, 2.05) is 0 Å². The van der Waals surface area contributed by atoms with Gasteiger partial charge in [-0.1, -0.05) is 0 Å². The van der Waals surface area contributed by atoms with Gasteiger partial charge in [-0.3, -0.25) is 0 Å². The van der Waals surface area contributed by atoms with E-state index in [2.05, 4.69) is 13.5 Å². The number of rotatable bonds is 0. The van der Waals surface area contributed by atoms with Crippen molar-refractivity contribution in [1.82, 2.24) is 0 Å². The summed E-state index contributed by atoms with van der Waals surface area (Å²) in [5.74, 6) is 0. The van der Waals surface area contributed by atoms with Gasteiger partial charge in [-0.2, -0.15) is 0 Å². The molecular formula is C3H7CeCl2-. The first-order valence-corrected chi connectivity index (χ1v) is 0.816. The first kappa shape index (κ1) is 25.6. The van der Waals surface area contributed by atoms with Gasteiger partial charge in [0.05, 0.1) is 0 Å². The van der Waals surface area contributed by atoms with Crippen LogP contribution in [0.5, 0.6) is 0 Å². The van der Waals surface area contributed by atoms with Gasteiger partial charge >= 0.3 is 0 Å². The van der Waals surface area contributed by atoms with E-state index in [-0.39, 0.29) is 66.6 Å². The van der Waals surface area contributed by atoms with Crippen molar-refractivity contribution in [3.05, 3.63) is 19.6 Å². The molecule has 0 aliphatic rings. The van der Waals surface area contributed by atoms with E-state index in [4.69, 9.17) is 0 Å². The molecule has 0 fully saturated rings. The van der Waals surface area contributed by atoms with Gasteiger partial charge in [0.15, 0.2) is 0 Å². The first-order valence-electron chi connectivity index (χ1n) is 0.816. The second kappa shape index (κ2) is 30.9. The van der Waals surface area contributed by atoms with E-state index in [0.29, 0.717) is 0 Å². The third-order valence-electron chi connectivity index (χ3n) is 0. The zero-order valence-corrected chi connectivity index (χ0v) is 8.08. The van der Waals surface area contributed by atoms with Gasteiger partial charge in [-0.05, 0) is 0 Å².